The van der Waals surface area contributed by atoms with Crippen molar-refractivity contribution in [1.82, 2.24) is 4.90 Å². The Morgan fingerprint density at radius 3 is 2.55 bits per heavy atom. The zero-order chi connectivity index (χ0) is 15.4. The molecule has 0 radical (unpaired) electrons. The van der Waals surface area contributed by atoms with Crippen LogP contribution in [0.2, 0.25) is 0 Å². The molecule has 0 saturated carbocycles. The van der Waals surface area contributed by atoms with Crippen molar-refractivity contribution in [2.45, 2.75) is 6.92 Å². The predicted molar refractivity (Wildman–Crippen MR) is 93.3 cm³/mol. The van der Waals surface area contributed by atoms with Crippen LogP contribution in [-0.4, -0.2) is 37.0 Å². The molecule has 1 aromatic heterocycles. The van der Waals surface area contributed by atoms with Gasteiger partial charge in [-0.25, -0.2) is 0 Å². The van der Waals surface area contributed by atoms with Crippen molar-refractivity contribution in [1.29, 1.82) is 0 Å². The van der Waals surface area contributed by atoms with Crippen molar-refractivity contribution in [2.75, 3.05) is 31.1 Å². The summed E-state index contributed by atoms with van der Waals surface area (Å²) < 4.78 is 0. The van der Waals surface area contributed by atoms with Crippen LogP contribution in [0.4, 0.5) is 5.69 Å². The van der Waals surface area contributed by atoms with E-state index in [-0.39, 0.29) is 5.91 Å². The van der Waals surface area contributed by atoms with Gasteiger partial charge < -0.3 is 9.80 Å². The van der Waals surface area contributed by atoms with Crippen LogP contribution < -0.4 is 4.90 Å². The molecule has 4 heteroatoms. The number of carbonyl (C=O) groups is 1. The summed E-state index contributed by atoms with van der Waals surface area (Å²) in [6.45, 7) is 5.48. The standard InChI is InChI=1S/C18H20N2OS/c1-15-5-2-3-7-17(15)19-10-12-20(13-11-19)18(21)9-8-16-6-4-14-22-16/h2-9,14H,10-13H2,1H3/b9-8+. The van der Waals surface area contributed by atoms with Crippen molar-refractivity contribution in [3.8, 4) is 0 Å². The number of hydrogen-bond acceptors (Lipinski definition) is 3. The van der Waals surface area contributed by atoms with Crippen LogP contribution in [0.3, 0.4) is 0 Å². The minimum Gasteiger partial charge on any atom is -0.368 e. The average Bonchev–Trinajstić information content (AvgIpc) is 3.07. The third-order valence-corrected chi connectivity index (χ3v) is 4.82. The molecule has 1 amide bonds. The number of thiophene rings is 1. The van der Waals surface area contributed by atoms with Crippen LogP contribution in [-0.2, 0) is 4.79 Å². The van der Waals surface area contributed by atoms with Gasteiger partial charge in [0.05, 0.1) is 0 Å². The predicted octanol–water partition coefficient (Wildman–Crippen LogP) is 3.42. The summed E-state index contributed by atoms with van der Waals surface area (Å²) in [7, 11) is 0. The maximum absolute atomic E-state index is 12.2. The van der Waals surface area contributed by atoms with E-state index in [0.717, 1.165) is 31.1 Å². The molecule has 0 bridgehead atoms. The van der Waals surface area contributed by atoms with E-state index in [4.69, 9.17) is 0 Å². The van der Waals surface area contributed by atoms with Gasteiger partial charge in [0, 0.05) is 42.8 Å². The number of carbonyl (C=O) groups excluding carboxylic acids is 1. The van der Waals surface area contributed by atoms with E-state index < -0.39 is 0 Å². The summed E-state index contributed by atoms with van der Waals surface area (Å²) >= 11 is 1.65. The zero-order valence-electron chi connectivity index (χ0n) is 12.7. The first-order chi connectivity index (χ1) is 10.7. The highest BCUT2D eigenvalue weighted by Gasteiger charge is 2.20. The fraction of sp³-hybridized carbons (Fsp3) is 0.278. The minimum absolute atomic E-state index is 0.109. The van der Waals surface area contributed by atoms with Gasteiger partial charge >= 0.3 is 0 Å². The highest BCUT2D eigenvalue weighted by molar-refractivity contribution is 7.10. The van der Waals surface area contributed by atoms with Crippen molar-refractivity contribution >= 4 is 29.0 Å². The number of anilines is 1. The summed E-state index contributed by atoms with van der Waals surface area (Å²) in [5.41, 5.74) is 2.57. The summed E-state index contributed by atoms with van der Waals surface area (Å²) in [6.07, 6.45) is 3.59. The van der Waals surface area contributed by atoms with Gasteiger partial charge in [-0.05, 0) is 36.1 Å². The third-order valence-electron chi connectivity index (χ3n) is 3.98. The maximum Gasteiger partial charge on any atom is 0.246 e. The van der Waals surface area contributed by atoms with Crippen LogP contribution in [0.15, 0.2) is 47.9 Å². The topological polar surface area (TPSA) is 23.6 Å². The number of para-hydroxylation sites is 1. The molecule has 0 atom stereocenters. The first-order valence-electron chi connectivity index (χ1n) is 7.55. The van der Waals surface area contributed by atoms with Crippen molar-refractivity contribution < 1.29 is 4.79 Å². The molecule has 1 saturated heterocycles. The smallest absolute Gasteiger partial charge is 0.246 e. The zero-order valence-corrected chi connectivity index (χ0v) is 13.6. The Balaban J connectivity index is 1.57. The number of hydrogen-bond donors (Lipinski definition) is 0. The second-order valence-corrected chi connectivity index (χ2v) is 6.43. The SMILES string of the molecule is Cc1ccccc1N1CCN(C(=O)/C=C/c2cccs2)CC1. The normalized spacial score (nSPS) is 15.5. The van der Waals surface area contributed by atoms with Gasteiger partial charge in [0.25, 0.3) is 0 Å². The third kappa shape index (κ3) is 3.39. The Bertz CT molecular complexity index is 655. The number of piperazine rings is 1. The van der Waals surface area contributed by atoms with Crippen LogP contribution in [0.1, 0.15) is 10.4 Å². The van der Waals surface area contributed by atoms with Crippen LogP contribution in [0, 0.1) is 6.92 Å². The minimum atomic E-state index is 0.109. The molecule has 0 aliphatic carbocycles. The van der Waals surface area contributed by atoms with E-state index in [9.17, 15) is 4.79 Å². The fourth-order valence-corrected chi connectivity index (χ4v) is 3.35. The highest BCUT2D eigenvalue weighted by Crippen LogP contribution is 2.21. The lowest BCUT2D eigenvalue weighted by Crippen LogP contribution is -2.48. The van der Waals surface area contributed by atoms with Gasteiger partial charge in [0.15, 0.2) is 0 Å². The lowest BCUT2D eigenvalue weighted by atomic mass is 10.1. The first kappa shape index (κ1) is 14.9. The highest BCUT2D eigenvalue weighted by atomic mass is 32.1. The van der Waals surface area contributed by atoms with Gasteiger partial charge in [0.1, 0.15) is 0 Å². The molecule has 0 spiro atoms. The summed E-state index contributed by atoms with van der Waals surface area (Å²) in [5.74, 6) is 0.109. The summed E-state index contributed by atoms with van der Waals surface area (Å²) in [5, 5.41) is 2.02. The monoisotopic (exact) mass is 312 g/mol. The Hall–Kier alpha value is -2.07. The molecule has 2 heterocycles. The molecule has 1 aromatic carbocycles. The van der Waals surface area contributed by atoms with Crippen molar-refractivity contribution in [2.24, 2.45) is 0 Å². The van der Waals surface area contributed by atoms with Crippen LogP contribution in [0.5, 0.6) is 0 Å². The number of rotatable bonds is 3. The molecule has 2 aromatic rings. The molecule has 3 nitrogen and oxygen atoms in total. The van der Waals surface area contributed by atoms with Gasteiger partial charge in [-0.15, -0.1) is 11.3 Å². The van der Waals surface area contributed by atoms with Crippen LogP contribution in [0.25, 0.3) is 6.08 Å². The van der Waals surface area contributed by atoms with Crippen molar-refractivity contribution in [3.05, 3.63) is 58.3 Å². The molecule has 0 unspecified atom stereocenters. The lowest BCUT2D eigenvalue weighted by molar-refractivity contribution is -0.126. The van der Waals surface area contributed by atoms with E-state index in [1.807, 2.05) is 28.5 Å². The van der Waals surface area contributed by atoms with Gasteiger partial charge in [-0.1, -0.05) is 24.3 Å². The van der Waals surface area contributed by atoms with Gasteiger partial charge in [-0.2, -0.15) is 0 Å². The fourth-order valence-electron chi connectivity index (χ4n) is 2.73. The quantitative estimate of drug-likeness (QED) is 0.811. The van der Waals surface area contributed by atoms with Crippen LogP contribution >= 0.6 is 11.3 Å². The van der Waals surface area contributed by atoms with Gasteiger partial charge in [-0.3, -0.25) is 4.79 Å². The molecule has 114 valence electrons. The average molecular weight is 312 g/mol. The maximum atomic E-state index is 12.2. The second-order valence-electron chi connectivity index (χ2n) is 5.45. The molecular formula is C18H20N2OS. The van der Waals surface area contributed by atoms with E-state index in [2.05, 4.69) is 36.1 Å². The summed E-state index contributed by atoms with van der Waals surface area (Å²) in [6, 6.07) is 12.4. The molecule has 0 N–H and O–H groups in total. The first-order valence-corrected chi connectivity index (χ1v) is 8.43. The molecule has 1 aliphatic heterocycles. The Kier molecular flexibility index (Phi) is 4.59. The molecule has 1 aliphatic rings. The molecule has 22 heavy (non-hydrogen) atoms. The van der Waals surface area contributed by atoms with Crippen molar-refractivity contribution in [3.63, 3.8) is 0 Å². The largest absolute Gasteiger partial charge is 0.368 e. The number of aryl methyl sites for hydroxylation is 1. The van der Waals surface area contributed by atoms with E-state index in [0.29, 0.717) is 0 Å². The second kappa shape index (κ2) is 6.79. The molecule has 1 fully saturated rings. The Morgan fingerprint density at radius 1 is 1.09 bits per heavy atom. The molecular weight excluding hydrogens is 292 g/mol. The number of benzene rings is 1. The Morgan fingerprint density at radius 2 is 1.86 bits per heavy atom. The van der Waals surface area contributed by atoms with Gasteiger partial charge in [0.2, 0.25) is 5.91 Å². The van der Waals surface area contributed by atoms with E-state index in [1.54, 1.807) is 17.4 Å². The van der Waals surface area contributed by atoms with E-state index >= 15 is 0 Å². The molecule has 3 rings (SSSR count). The van der Waals surface area contributed by atoms with E-state index in [1.165, 1.54) is 11.3 Å². The lowest BCUT2D eigenvalue weighted by Gasteiger charge is -2.36. The summed E-state index contributed by atoms with van der Waals surface area (Å²) in [4.78, 5) is 17.6. The number of amides is 1. The number of nitrogens with zero attached hydrogens (tertiary/aromatic N) is 2. The Labute approximate surface area is 135 Å².